The first-order valence-corrected chi connectivity index (χ1v) is 11.0. The van der Waals surface area contributed by atoms with E-state index in [-0.39, 0.29) is 11.4 Å². The van der Waals surface area contributed by atoms with Gasteiger partial charge in [0.05, 0.1) is 19.1 Å². The SMILES string of the molecule is COc1ccc(Cl)cc1N(CC(=O)Nc1nnc(SC)s1)S(C)(=O)=O. The summed E-state index contributed by atoms with van der Waals surface area (Å²) >= 11 is 8.55. The molecule has 12 heteroatoms. The quantitative estimate of drug-likeness (QED) is 0.539. The molecule has 0 bridgehead atoms. The molecule has 0 aliphatic heterocycles. The molecule has 0 saturated carbocycles. The Morgan fingerprint density at radius 2 is 2.16 bits per heavy atom. The first kappa shape index (κ1) is 19.8. The van der Waals surface area contributed by atoms with E-state index in [2.05, 4.69) is 15.5 Å². The molecule has 0 aliphatic rings. The van der Waals surface area contributed by atoms with Crippen LogP contribution in [0.15, 0.2) is 22.5 Å². The minimum Gasteiger partial charge on any atom is -0.495 e. The second-order valence-corrected chi connectivity index (χ2v) is 9.09. The van der Waals surface area contributed by atoms with Gasteiger partial charge in [-0.25, -0.2) is 8.42 Å². The Bertz CT molecular complexity index is 872. The number of sulfonamides is 1. The predicted molar refractivity (Wildman–Crippen MR) is 101 cm³/mol. The van der Waals surface area contributed by atoms with Crippen molar-refractivity contribution in [2.75, 3.05) is 35.8 Å². The van der Waals surface area contributed by atoms with Crippen LogP contribution >= 0.6 is 34.7 Å². The summed E-state index contributed by atoms with van der Waals surface area (Å²) < 4.78 is 31.1. The van der Waals surface area contributed by atoms with Gasteiger partial charge in [0.2, 0.25) is 21.1 Å². The summed E-state index contributed by atoms with van der Waals surface area (Å²) in [5.41, 5.74) is 0.176. The van der Waals surface area contributed by atoms with Crippen molar-refractivity contribution < 1.29 is 17.9 Å². The van der Waals surface area contributed by atoms with Crippen LogP contribution in [0.25, 0.3) is 0 Å². The van der Waals surface area contributed by atoms with Crippen molar-refractivity contribution in [3.63, 3.8) is 0 Å². The van der Waals surface area contributed by atoms with Gasteiger partial charge in [-0.1, -0.05) is 34.7 Å². The molecule has 25 heavy (non-hydrogen) atoms. The van der Waals surface area contributed by atoms with Gasteiger partial charge in [0.25, 0.3) is 0 Å². The smallest absolute Gasteiger partial charge is 0.246 e. The average molecular weight is 423 g/mol. The molecule has 0 spiro atoms. The van der Waals surface area contributed by atoms with Crippen LogP contribution in [0.5, 0.6) is 5.75 Å². The van der Waals surface area contributed by atoms with E-state index in [0.29, 0.717) is 14.5 Å². The van der Waals surface area contributed by atoms with E-state index in [1.54, 1.807) is 6.07 Å². The largest absolute Gasteiger partial charge is 0.495 e. The van der Waals surface area contributed by atoms with Crippen molar-refractivity contribution in [3.8, 4) is 5.75 Å². The maximum absolute atomic E-state index is 12.3. The third kappa shape index (κ3) is 5.21. The van der Waals surface area contributed by atoms with E-state index >= 15 is 0 Å². The number of amides is 1. The summed E-state index contributed by atoms with van der Waals surface area (Å²) in [6.45, 7) is -0.455. The molecule has 1 amide bonds. The topological polar surface area (TPSA) is 101 Å². The number of rotatable bonds is 7. The molecule has 0 unspecified atom stereocenters. The second kappa shape index (κ2) is 8.21. The fourth-order valence-corrected chi connectivity index (χ4v) is 4.08. The van der Waals surface area contributed by atoms with Gasteiger partial charge in [-0.2, -0.15) is 0 Å². The van der Waals surface area contributed by atoms with Gasteiger partial charge in [-0.3, -0.25) is 14.4 Å². The van der Waals surface area contributed by atoms with Gasteiger partial charge in [0.15, 0.2) is 4.34 Å². The van der Waals surface area contributed by atoms with Crippen LogP contribution in [0.4, 0.5) is 10.8 Å². The summed E-state index contributed by atoms with van der Waals surface area (Å²) in [5, 5.41) is 10.8. The van der Waals surface area contributed by atoms with E-state index in [0.717, 1.165) is 10.6 Å². The lowest BCUT2D eigenvalue weighted by atomic mass is 10.3. The number of hydrogen-bond donors (Lipinski definition) is 1. The zero-order valence-electron chi connectivity index (χ0n) is 13.5. The first-order chi connectivity index (χ1) is 11.7. The summed E-state index contributed by atoms with van der Waals surface area (Å²) in [7, 11) is -2.36. The first-order valence-electron chi connectivity index (χ1n) is 6.73. The van der Waals surface area contributed by atoms with E-state index in [4.69, 9.17) is 16.3 Å². The van der Waals surface area contributed by atoms with Crippen LogP contribution in [0.1, 0.15) is 0 Å². The molecule has 1 N–H and O–H groups in total. The standard InChI is InChI=1S/C13H15ClN4O4S3/c1-22-10-5-4-8(14)6-9(10)18(25(3,20)21)7-11(19)15-12-16-17-13(23-2)24-12/h4-6H,7H2,1-3H3,(H,15,16,19). The fraction of sp³-hybridized carbons (Fsp3) is 0.308. The molecule has 0 atom stereocenters. The molecule has 1 aromatic heterocycles. The number of carbonyl (C=O) groups is 1. The van der Waals surface area contributed by atoms with Gasteiger partial charge in [-0.15, -0.1) is 10.2 Å². The molecule has 0 saturated heterocycles. The molecule has 136 valence electrons. The third-order valence-electron chi connectivity index (χ3n) is 2.92. The molecular weight excluding hydrogens is 408 g/mol. The summed E-state index contributed by atoms with van der Waals surface area (Å²) in [4.78, 5) is 12.3. The van der Waals surface area contributed by atoms with Gasteiger partial charge < -0.3 is 4.74 Å². The third-order valence-corrected chi connectivity index (χ3v) is 6.10. The molecule has 0 aliphatic carbocycles. The van der Waals surface area contributed by atoms with Crippen molar-refractivity contribution in [2.45, 2.75) is 4.34 Å². The maximum Gasteiger partial charge on any atom is 0.246 e. The lowest BCUT2D eigenvalue weighted by molar-refractivity contribution is -0.114. The van der Waals surface area contributed by atoms with Gasteiger partial charge in [0, 0.05) is 5.02 Å². The van der Waals surface area contributed by atoms with E-state index in [1.165, 1.54) is 42.3 Å². The normalized spacial score (nSPS) is 11.2. The Morgan fingerprint density at radius 3 is 2.72 bits per heavy atom. The van der Waals surface area contributed by atoms with Crippen molar-refractivity contribution >= 4 is 61.4 Å². The number of halogens is 1. The van der Waals surface area contributed by atoms with Crippen LogP contribution in [0.3, 0.4) is 0 Å². The van der Waals surface area contributed by atoms with Crippen molar-refractivity contribution in [1.29, 1.82) is 0 Å². The van der Waals surface area contributed by atoms with Crippen LogP contribution < -0.4 is 14.4 Å². The van der Waals surface area contributed by atoms with Crippen LogP contribution in [0, 0.1) is 0 Å². The monoisotopic (exact) mass is 422 g/mol. The van der Waals surface area contributed by atoms with Crippen LogP contribution in [0.2, 0.25) is 5.02 Å². The van der Waals surface area contributed by atoms with Gasteiger partial charge in [0.1, 0.15) is 12.3 Å². The minimum atomic E-state index is -3.76. The number of ether oxygens (including phenoxy) is 1. The lowest BCUT2D eigenvalue weighted by Gasteiger charge is -2.23. The molecule has 1 aromatic carbocycles. The zero-order valence-corrected chi connectivity index (χ0v) is 16.7. The summed E-state index contributed by atoms with van der Waals surface area (Å²) in [6.07, 6.45) is 2.83. The van der Waals surface area contributed by atoms with Crippen molar-refractivity contribution in [2.24, 2.45) is 0 Å². The Hall–Kier alpha value is -1.56. The van der Waals surface area contributed by atoms with Crippen molar-refractivity contribution in [1.82, 2.24) is 10.2 Å². The Morgan fingerprint density at radius 1 is 1.44 bits per heavy atom. The maximum atomic E-state index is 12.3. The number of nitrogens with one attached hydrogen (secondary N) is 1. The number of methoxy groups -OCH3 is 1. The molecular formula is C13H15ClN4O4S3. The summed E-state index contributed by atoms with van der Waals surface area (Å²) in [6, 6.07) is 4.52. The van der Waals surface area contributed by atoms with E-state index in [9.17, 15) is 13.2 Å². The molecule has 8 nitrogen and oxygen atoms in total. The second-order valence-electron chi connectivity index (χ2n) is 4.71. The number of nitrogens with zero attached hydrogens (tertiary/aromatic N) is 3. The van der Waals surface area contributed by atoms with E-state index < -0.39 is 22.5 Å². The predicted octanol–water partition coefficient (Wildman–Crippen LogP) is 2.33. The Labute approximate surface area is 158 Å². The van der Waals surface area contributed by atoms with Gasteiger partial charge in [-0.05, 0) is 24.5 Å². The van der Waals surface area contributed by atoms with Crippen LogP contribution in [-0.2, 0) is 14.8 Å². The number of carbonyl (C=O) groups excluding carboxylic acids is 1. The lowest BCUT2D eigenvalue weighted by Crippen LogP contribution is -2.37. The molecule has 2 rings (SSSR count). The van der Waals surface area contributed by atoms with Crippen molar-refractivity contribution in [3.05, 3.63) is 23.2 Å². The summed E-state index contributed by atoms with van der Waals surface area (Å²) in [5.74, 6) is -0.278. The number of benzene rings is 1. The molecule has 2 aromatic rings. The highest BCUT2D eigenvalue weighted by atomic mass is 35.5. The highest BCUT2D eigenvalue weighted by Crippen LogP contribution is 2.32. The molecule has 0 fully saturated rings. The average Bonchev–Trinajstić information content (AvgIpc) is 2.99. The highest BCUT2D eigenvalue weighted by Gasteiger charge is 2.25. The number of hydrogen-bond acceptors (Lipinski definition) is 8. The zero-order chi connectivity index (χ0) is 18.6. The number of thioether (sulfide) groups is 1. The fourth-order valence-electron chi connectivity index (χ4n) is 1.87. The Balaban J connectivity index is 2.27. The minimum absolute atomic E-state index is 0.176. The highest BCUT2D eigenvalue weighted by molar-refractivity contribution is 8.00. The molecule has 1 heterocycles. The number of anilines is 2. The van der Waals surface area contributed by atoms with E-state index in [1.807, 2.05) is 6.26 Å². The molecule has 0 radical (unpaired) electrons. The Kier molecular flexibility index (Phi) is 6.49. The number of aromatic nitrogens is 2. The van der Waals surface area contributed by atoms with Gasteiger partial charge >= 0.3 is 0 Å². The van der Waals surface area contributed by atoms with Crippen LogP contribution in [-0.4, -0.2) is 50.7 Å².